The number of alkyl carbamates (subject to hydrolysis) is 2. The fourth-order valence-electron chi connectivity index (χ4n) is 11.9. The van der Waals surface area contributed by atoms with Crippen molar-refractivity contribution in [1.82, 2.24) is 20.4 Å². The van der Waals surface area contributed by atoms with Crippen molar-refractivity contribution in [3.05, 3.63) is 11.6 Å². The molecule has 0 radical (unpaired) electrons. The van der Waals surface area contributed by atoms with E-state index in [0.717, 1.165) is 43.4 Å². The van der Waals surface area contributed by atoms with Crippen LogP contribution in [0.5, 0.6) is 0 Å². The monoisotopic (exact) mass is 929 g/mol. The smallest absolute Gasteiger partial charge is 0.410 e. The second-order valence-electron chi connectivity index (χ2n) is 24.7. The molecule has 4 aliphatic carbocycles. The van der Waals surface area contributed by atoms with Crippen LogP contribution in [0.25, 0.3) is 0 Å². The molecule has 0 bridgehead atoms. The van der Waals surface area contributed by atoms with E-state index in [2.05, 4.69) is 56.2 Å². The van der Waals surface area contributed by atoms with Gasteiger partial charge in [-0.3, -0.25) is 9.69 Å². The van der Waals surface area contributed by atoms with Crippen LogP contribution in [0.4, 0.5) is 14.4 Å². The van der Waals surface area contributed by atoms with E-state index in [9.17, 15) is 19.2 Å². The number of amides is 3. The first-order chi connectivity index (χ1) is 30.7. The summed E-state index contributed by atoms with van der Waals surface area (Å²) in [5.74, 6) is 4.04. The molecular formula is C54H96N4O8. The van der Waals surface area contributed by atoms with E-state index >= 15 is 0 Å². The van der Waals surface area contributed by atoms with Crippen LogP contribution in [-0.4, -0.2) is 103 Å². The van der Waals surface area contributed by atoms with Crippen molar-refractivity contribution in [3.63, 3.8) is 0 Å². The van der Waals surface area contributed by atoms with Crippen molar-refractivity contribution in [3.8, 4) is 0 Å². The second-order valence-corrected chi connectivity index (χ2v) is 24.7. The molecule has 3 fully saturated rings. The third-order valence-corrected chi connectivity index (χ3v) is 15.1. The van der Waals surface area contributed by atoms with Gasteiger partial charge in [0.2, 0.25) is 0 Å². The third kappa shape index (κ3) is 17.5. The molecule has 2 N–H and O–H groups in total. The molecule has 0 aromatic heterocycles. The zero-order chi connectivity index (χ0) is 49.1. The predicted octanol–water partition coefficient (Wildman–Crippen LogP) is 12.1. The summed E-state index contributed by atoms with van der Waals surface area (Å²) in [6.07, 6.45) is 17.3. The molecule has 12 nitrogen and oxygen atoms in total. The van der Waals surface area contributed by atoms with Gasteiger partial charge in [0.1, 0.15) is 22.9 Å². The van der Waals surface area contributed by atoms with Gasteiger partial charge in [0.05, 0.1) is 6.54 Å². The number of nitrogens with one attached hydrogen (secondary N) is 2. The Morgan fingerprint density at radius 1 is 0.697 bits per heavy atom. The van der Waals surface area contributed by atoms with Crippen LogP contribution < -0.4 is 10.6 Å². The maximum atomic E-state index is 13.9. The van der Waals surface area contributed by atoms with E-state index < -0.39 is 35.1 Å². The van der Waals surface area contributed by atoms with E-state index in [1.807, 2.05) is 62.3 Å². The van der Waals surface area contributed by atoms with Gasteiger partial charge >= 0.3 is 24.2 Å². The summed E-state index contributed by atoms with van der Waals surface area (Å²) < 4.78 is 23.0. The highest BCUT2D eigenvalue weighted by Crippen LogP contribution is 2.67. The number of ether oxygens (including phenoxy) is 4. The van der Waals surface area contributed by atoms with Crippen LogP contribution in [0.2, 0.25) is 0 Å². The molecule has 0 saturated heterocycles. The normalized spacial score (nSPS) is 26.9. The Kier molecular flexibility index (Phi) is 20.2. The van der Waals surface area contributed by atoms with E-state index in [-0.39, 0.29) is 24.0 Å². The number of carbonyl (C=O) groups is 4. The Balaban J connectivity index is 1.41. The number of rotatable bonds is 21. The van der Waals surface area contributed by atoms with Gasteiger partial charge in [-0.1, -0.05) is 72.0 Å². The summed E-state index contributed by atoms with van der Waals surface area (Å²) in [4.78, 5) is 55.6. The largest absolute Gasteiger partial charge is 0.461 e. The first kappa shape index (κ1) is 55.6. The SMILES string of the molecule is CC(C)CCC[C@@H](C)C1C=C2CC(OC(=O)CN(CCCCN(CCCNC(=O)OC(C)(C)C)C(=O)OC(C)(C)C)CCCNC(=O)OC(C)(C)C)CCC2(C)C2CCC3(C)CCCC3C12. The zero-order valence-electron chi connectivity index (χ0n) is 44.3. The molecule has 0 spiro atoms. The standard InChI is InChI=1S/C54H96N4O8/c1-38(2)21-17-22-39(3)42-36-40-35-41(24-28-54(40,14)44-25-27-53(13)26-18-23-43(53)46(42)44)63-45(59)37-57(32-19-29-55-47(60)64-50(4,5)6)31-15-16-33-58(49(62)66-52(10,11)12)34-20-30-56-48(61)65-51(7,8)9/h36,38-39,41-44,46H,15-35,37H2,1-14H3,(H,55,60)(H,56,61)/t39-,41?,42?,43?,44?,46?,53?,54?/m1/s1. The summed E-state index contributed by atoms with van der Waals surface area (Å²) in [6, 6.07) is 0. The highest BCUT2D eigenvalue weighted by molar-refractivity contribution is 5.72. The average molecular weight is 929 g/mol. The molecule has 7 unspecified atom stereocenters. The lowest BCUT2D eigenvalue weighted by molar-refractivity contribution is -0.153. The molecule has 12 heteroatoms. The summed E-state index contributed by atoms with van der Waals surface area (Å²) in [5.41, 5.74) is 0.373. The van der Waals surface area contributed by atoms with Crippen LogP contribution in [0.1, 0.15) is 193 Å². The molecule has 0 aromatic carbocycles. The molecule has 380 valence electrons. The van der Waals surface area contributed by atoms with Gasteiger partial charge in [-0.25, -0.2) is 14.4 Å². The molecular weight excluding hydrogens is 833 g/mol. The van der Waals surface area contributed by atoms with Crippen LogP contribution in [0, 0.1) is 46.3 Å². The minimum Gasteiger partial charge on any atom is -0.461 e. The van der Waals surface area contributed by atoms with Gasteiger partial charge in [-0.15, -0.1) is 0 Å². The van der Waals surface area contributed by atoms with E-state index in [0.29, 0.717) is 81.7 Å². The Hall–Kier alpha value is -3.02. The van der Waals surface area contributed by atoms with Gasteiger partial charge in [-0.2, -0.15) is 0 Å². The summed E-state index contributed by atoms with van der Waals surface area (Å²) in [5, 5.41) is 5.63. The molecule has 0 heterocycles. The molecule has 8 atom stereocenters. The number of hydrogen-bond donors (Lipinski definition) is 2. The molecule has 66 heavy (non-hydrogen) atoms. The van der Waals surface area contributed by atoms with Crippen LogP contribution >= 0.6 is 0 Å². The highest BCUT2D eigenvalue weighted by Gasteiger charge is 2.59. The number of hydrogen-bond acceptors (Lipinski definition) is 9. The maximum Gasteiger partial charge on any atom is 0.410 e. The van der Waals surface area contributed by atoms with E-state index in [1.165, 1.54) is 51.4 Å². The summed E-state index contributed by atoms with van der Waals surface area (Å²) >= 11 is 0. The maximum absolute atomic E-state index is 13.9. The van der Waals surface area contributed by atoms with Crippen LogP contribution in [-0.2, 0) is 23.7 Å². The van der Waals surface area contributed by atoms with Gasteiger partial charge in [-0.05, 0) is 179 Å². The Morgan fingerprint density at radius 2 is 1.27 bits per heavy atom. The van der Waals surface area contributed by atoms with E-state index in [1.54, 1.807) is 10.5 Å². The summed E-state index contributed by atoms with van der Waals surface area (Å²) in [7, 11) is 0. The minimum absolute atomic E-state index is 0.131. The fraction of sp³-hybridized carbons (Fsp3) is 0.889. The van der Waals surface area contributed by atoms with Gasteiger partial charge in [0, 0.05) is 39.1 Å². The van der Waals surface area contributed by atoms with Crippen LogP contribution in [0.3, 0.4) is 0 Å². The average Bonchev–Trinajstić information content (AvgIpc) is 3.58. The van der Waals surface area contributed by atoms with Gasteiger partial charge in [0.15, 0.2) is 0 Å². The van der Waals surface area contributed by atoms with Crippen LogP contribution in [0.15, 0.2) is 11.6 Å². The lowest BCUT2D eigenvalue weighted by atomic mass is 9.45. The summed E-state index contributed by atoms with van der Waals surface area (Å²) in [6.45, 7) is 31.9. The van der Waals surface area contributed by atoms with Crippen molar-refractivity contribution in [2.45, 2.75) is 216 Å². The third-order valence-electron chi connectivity index (χ3n) is 15.1. The molecule has 4 rings (SSSR count). The van der Waals surface area contributed by atoms with Crippen molar-refractivity contribution < 1.29 is 38.1 Å². The van der Waals surface area contributed by atoms with Gasteiger partial charge < -0.3 is 34.5 Å². The number of unbranched alkanes of at least 4 members (excludes halogenated alkanes) is 1. The zero-order valence-corrected chi connectivity index (χ0v) is 44.3. The molecule has 4 aliphatic rings. The molecule has 0 aromatic rings. The predicted molar refractivity (Wildman–Crippen MR) is 264 cm³/mol. The van der Waals surface area contributed by atoms with Crippen molar-refractivity contribution in [1.29, 1.82) is 0 Å². The molecule has 3 amide bonds. The minimum atomic E-state index is -0.651. The Morgan fingerprint density at radius 3 is 1.88 bits per heavy atom. The fourth-order valence-corrected chi connectivity index (χ4v) is 11.9. The number of esters is 1. The first-order valence-electron chi connectivity index (χ1n) is 26.2. The lowest BCUT2D eigenvalue weighted by Gasteiger charge is -2.60. The number of carbonyl (C=O) groups excluding carboxylic acids is 4. The molecule has 0 aliphatic heterocycles. The Labute approximate surface area is 401 Å². The topological polar surface area (TPSA) is 136 Å². The van der Waals surface area contributed by atoms with Crippen molar-refractivity contribution in [2.24, 2.45) is 46.3 Å². The lowest BCUT2D eigenvalue weighted by Crippen LogP contribution is -2.53. The number of allylic oxidation sites excluding steroid dienone is 1. The number of nitrogens with zero attached hydrogens (tertiary/aromatic N) is 2. The second kappa shape index (κ2) is 24.0. The molecule has 3 saturated carbocycles. The quantitative estimate of drug-likeness (QED) is 0.0499. The van der Waals surface area contributed by atoms with Crippen molar-refractivity contribution in [2.75, 3.05) is 45.8 Å². The Bertz CT molecular complexity index is 1610. The van der Waals surface area contributed by atoms with Crippen molar-refractivity contribution >= 4 is 24.2 Å². The van der Waals surface area contributed by atoms with E-state index in [4.69, 9.17) is 18.9 Å². The first-order valence-corrected chi connectivity index (χ1v) is 26.2. The van der Waals surface area contributed by atoms with Gasteiger partial charge in [0.25, 0.3) is 0 Å². The highest BCUT2D eigenvalue weighted by atomic mass is 16.6. The number of fused-ring (bicyclic) bond motifs is 5.